The van der Waals surface area contributed by atoms with Crippen LogP contribution in [0.2, 0.25) is 0 Å². The molecule has 10 heteroatoms. The highest BCUT2D eigenvalue weighted by Gasteiger charge is 2.37. The lowest BCUT2D eigenvalue weighted by atomic mass is 10.1. The third kappa shape index (κ3) is 6.20. The summed E-state index contributed by atoms with van der Waals surface area (Å²) in [5.74, 6) is -0.798. The number of amides is 1. The van der Waals surface area contributed by atoms with E-state index in [1.165, 1.54) is 0 Å². The molecule has 0 aliphatic carbocycles. The van der Waals surface area contributed by atoms with Crippen LogP contribution in [0.15, 0.2) is 29.6 Å². The van der Waals surface area contributed by atoms with Crippen molar-refractivity contribution in [3.8, 4) is 0 Å². The standard InChI is InChI=1S/C19H19F6NO2S/c1-3-4-6-28-11(2)15-5-7-29-16(15)17(27)26-14-9-12(18(20,21)22)8-13(10-14)19(23,24)25/h5,7-11H,3-4,6H2,1-2H3,(H,26,27)/t11-/m1/s1. The Morgan fingerprint density at radius 3 is 2.21 bits per heavy atom. The maximum Gasteiger partial charge on any atom is 0.416 e. The second-order valence-electron chi connectivity index (χ2n) is 6.32. The number of carbonyl (C=O) groups excluding carboxylic acids is 1. The summed E-state index contributed by atoms with van der Waals surface area (Å²) >= 11 is 1.03. The molecule has 0 radical (unpaired) electrons. The van der Waals surface area contributed by atoms with Gasteiger partial charge in [-0.3, -0.25) is 4.79 Å². The zero-order valence-corrected chi connectivity index (χ0v) is 16.4. The van der Waals surface area contributed by atoms with Gasteiger partial charge in [0.05, 0.1) is 22.1 Å². The average Bonchev–Trinajstić information content (AvgIpc) is 3.10. The van der Waals surface area contributed by atoms with Gasteiger partial charge in [0.15, 0.2) is 0 Å². The average molecular weight is 439 g/mol. The third-order valence-corrected chi connectivity index (χ3v) is 4.98. The van der Waals surface area contributed by atoms with Crippen LogP contribution in [0.25, 0.3) is 0 Å². The van der Waals surface area contributed by atoms with E-state index >= 15 is 0 Å². The summed E-state index contributed by atoms with van der Waals surface area (Å²) < 4.78 is 83.4. The highest BCUT2D eigenvalue weighted by atomic mass is 32.1. The molecule has 1 atom stereocenters. The molecule has 1 aromatic heterocycles. The van der Waals surface area contributed by atoms with Crippen LogP contribution in [0.1, 0.15) is 59.2 Å². The Morgan fingerprint density at radius 2 is 1.69 bits per heavy atom. The summed E-state index contributed by atoms with van der Waals surface area (Å²) in [5, 5.41) is 3.76. The number of anilines is 1. The van der Waals surface area contributed by atoms with Crippen molar-refractivity contribution in [1.82, 2.24) is 0 Å². The van der Waals surface area contributed by atoms with Crippen molar-refractivity contribution >= 4 is 22.9 Å². The van der Waals surface area contributed by atoms with Gasteiger partial charge in [-0.25, -0.2) is 0 Å². The minimum atomic E-state index is -4.99. The first-order valence-electron chi connectivity index (χ1n) is 8.73. The predicted octanol–water partition coefficient (Wildman–Crippen LogP) is 6.92. The lowest BCUT2D eigenvalue weighted by Crippen LogP contribution is -2.16. The number of unbranched alkanes of at least 4 members (excludes halogenated alkanes) is 1. The first-order chi connectivity index (χ1) is 13.4. The predicted molar refractivity (Wildman–Crippen MR) is 98.0 cm³/mol. The van der Waals surface area contributed by atoms with Gasteiger partial charge in [0.2, 0.25) is 0 Å². The highest BCUT2D eigenvalue weighted by Crippen LogP contribution is 2.38. The topological polar surface area (TPSA) is 38.3 Å². The number of halogens is 6. The molecule has 0 unspecified atom stereocenters. The van der Waals surface area contributed by atoms with E-state index in [-0.39, 0.29) is 10.9 Å². The van der Waals surface area contributed by atoms with E-state index in [4.69, 9.17) is 4.74 Å². The fourth-order valence-corrected chi connectivity index (χ4v) is 3.41. The van der Waals surface area contributed by atoms with Crippen LogP contribution in [0.4, 0.5) is 32.0 Å². The van der Waals surface area contributed by atoms with Crippen molar-refractivity contribution in [2.45, 2.75) is 45.1 Å². The van der Waals surface area contributed by atoms with Crippen molar-refractivity contribution in [1.29, 1.82) is 0 Å². The molecule has 2 rings (SSSR count). The Hall–Kier alpha value is -2.07. The van der Waals surface area contributed by atoms with Gasteiger partial charge in [-0.2, -0.15) is 26.3 Å². The minimum absolute atomic E-state index is 0.00979. The molecule has 0 spiro atoms. The van der Waals surface area contributed by atoms with Crippen LogP contribution < -0.4 is 5.32 Å². The Kier molecular flexibility index (Phi) is 7.34. The molecular weight excluding hydrogens is 420 g/mol. The minimum Gasteiger partial charge on any atom is -0.374 e. The summed E-state index contributed by atoms with van der Waals surface area (Å²) in [4.78, 5) is 12.7. The number of benzene rings is 1. The van der Waals surface area contributed by atoms with Gasteiger partial charge in [0.1, 0.15) is 0 Å². The summed E-state index contributed by atoms with van der Waals surface area (Å²) in [6.45, 7) is 4.18. The molecule has 1 N–H and O–H groups in total. The summed E-state index contributed by atoms with van der Waals surface area (Å²) in [5.41, 5.74) is -3.06. The van der Waals surface area contributed by atoms with Crippen LogP contribution in [0.3, 0.4) is 0 Å². The van der Waals surface area contributed by atoms with Crippen LogP contribution in [-0.4, -0.2) is 12.5 Å². The zero-order valence-electron chi connectivity index (χ0n) is 15.6. The van der Waals surface area contributed by atoms with E-state index < -0.39 is 41.2 Å². The van der Waals surface area contributed by atoms with Gasteiger partial charge in [-0.15, -0.1) is 11.3 Å². The largest absolute Gasteiger partial charge is 0.416 e. The van der Waals surface area contributed by atoms with Gasteiger partial charge in [0, 0.05) is 17.9 Å². The Morgan fingerprint density at radius 1 is 1.10 bits per heavy atom. The van der Waals surface area contributed by atoms with E-state index in [1.54, 1.807) is 18.4 Å². The van der Waals surface area contributed by atoms with E-state index in [2.05, 4.69) is 5.32 Å². The van der Waals surface area contributed by atoms with E-state index in [0.717, 1.165) is 24.2 Å². The van der Waals surface area contributed by atoms with E-state index in [0.29, 0.717) is 24.3 Å². The molecule has 0 bridgehead atoms. The number of hydrogen-bond donors (Lipinski definition) is 1. The second kappa shape index (κ2) is 9.17. The van der Waals surface area contributed by atoms with Crippen LogP contribution >= 0.6 is 11.3 Å². The van der Waals surface area contributed by atoms with E-state index in [9.17, 15) is 31.1 Å². The van der Waals surface area contributed by atoms with Gasteiger partial charge in [-0.1, -0.05) is 13.3 Å². The summed E-state index contributed by atoms with van der Waals surface area (Å²) in [7, 11) is 0. The fraction of sp³-hybridized carbons (Fsp3) is 0.421. The molecule has 3 nitrogen and oxygen atoms in total. The van der Waals surface area contributed by atoms with Crippen molar-refractivity contribution < 1.29 is 35.9 Å². The van der Waals surface area contributed by atoms with Gasteiger partial charge in [0.25, 0.3) is 5.91 Å². The van der Waals surface area contributed by atoms with Crippen molar-refractivity contribution in [2.24, 2.45) is 0 Å². The highest BCUT2D eigenvalue weighted by molar-refractivity contribution is 7.12. The number of hydrogen-bond acceptors (Lipinski definition) is 3. The molecule has 1 aromatic carbocycles. The summed E-state index contributed by atoms with van der Waals surface area (Å²) in [6, 6.07) is 2.60. The number of nitrogens with one attached hydrogen (secondary N) is 1. The lowest BCUT2D eigenvalue weighted by molar-refractivity contribution is -0.143. The Bertz CT molecular complexity index is 812. The molecule has 0 saturated carbocycles. The van der Waals surface area contributed by atoms with Crippen molar-refractivity contribution in [3.05, 3.63) is 51.2 Å². The second-order valence-corrected chi connectivity index (χ2v) is 7.24. The SMILES string of the molecule is CCCCO[C@H](C)c1ccsc1C(=O)Nc1cc(C(F)(F)F)cc(C(F)(F)F)c1. The molecular formula is C19H19F6NO2S. The Labute approximate surface area is 167 Å². The monoisotopic (exact) mass is 439 g/mol. The maximum atomic E-state index is 13.0. The molecule has 0 aliphatic rings. The fourth-order valence-electron chi connectivity index (χ4n) is 2.53. The first kappa shape index (κ1) is 23.2. The molecule has 29 heavy (non-hydrogen) atoms. The van der Waals surface area contributed by atoms with Crippen molar-refractivity contribution in [2.75, 3.05) is 11.9 Å². The quantitative estimate of drug-likeness (QED) is 0.376. The van der Waals surface area contributed by atoms with Crippen LogP contribution in [0.5, 0.6) is 0 Å². The smallest absolute Gasteiger partial charge is 0.374 e. The molecule has 0 saturated heterocycles. The third-order valence-electron chi connectivity index (χ3n) is 4.05. The Balaban J connectivity index is 2.29. The normalized spacial score (nSPS) is 13.4. The van der Waals surface area contributed by atoms with Crippen LogP contribution in [0, 0.1) is 0 Å². The molecule has 1 amide bonds. The number of ether oxygens (including phenoxy) is 1. The molecule has 0 fully saturated rings. The maximum absolute atomic E-state index is 13.0. The lowest BCUT2D eigenvalue weighted by Gasteiger charge is -2.16. The van der Waals surface area contributed by atoms with Crippen molar-refractivity contribution in [3.63, 3.8) is 0 Å². The van der Waals surface area contributed by atoms with Gasteiger partial charge < -0.3 is 10.1 Å². The number of rotatable bonds is 7. The first-order valence-corrected chi connectivity index (χ1v) is 9.61. The van der Waals surface area contributed by atoms with Gasteiger partial charge >= 0.3 is 12.4 Å². The van der Waals surface area contributed by atoms with Gasteiger partial charge in [-0.05, 0) is 43.0 Å². The molecule has 1 heterocycles. The molecule has 0 aliphatic heterocycles. The number of carbonyl (C=O) groups is 1. The molecule has 160 valence electrons. The number of thiophene rings is 1. The number of alkyl halides is 6. The zero-order chi connectivity index (χ0) is 21.8. The summed E-state index contributed by atoms with van der Waals surface area (Å²) in [6.07, 6.45) is -8.69. The molecule has 2 aromatic rings. The van der Waals surface area contributed by atoms with Crippen LogP contribution in [-0.2, 0) is 17.1 Å². The van der Waals surface area contributed by atoms with E-state index in [1.807, 2.05) is 6.92 Å².